The molecule has 1 aromatic carbocycles. The van der Waals surface area contributed by atoms with Crippen molar-refractivity contribution in [2.75, 3.05) is 37.0 Å². The molecule has 0 aliphatic carbocycles. The number of aromatic nitrogens is 2. The molecule has 1 fully saturated rings. The van der Waals surface area contributed by atoms with Crippen LogP contribution in [0.1, 0.15) is 11.8 Å². The highest BCUT2D eigenvalue weighted by Crippen LogP contribution is 2.26. The van der Waals surface area contributed by atoms with E-state index in [2.05, 4.69) is 44.7 Å². The van der Waals surface area contributed by atoms with Crippen molar-refractivity contribution in [3.05, 3.63) is 29.8 Å². The van der Waals surface area contributed by atoms with Crippen LogP contribution in [0.5, 0.6) is 0 Å². The molecule has 4 N–H and O–H groups in total. The Morgan fingerprint density at radius 2 is 2.14 bits per heavy atom. The minimum Gasteiger partial charge on any atom is -0.378 e. The number of rotatable bonds is 5. The number of nitrogens with two attached hydrogens (primary N) is 2. The topological polar surface area (TPSA) is 80.9 Å². The Labute approximate surface area is 138 Å². The Hall–Kier alpha value is -1.35. The molecular formula is C14H20N5OS2+. The van der Waals surface area contributed by atoms with E-state index in [1.807, 2.05) is 14.1 Å². The average Bonchev–Trinajstić information content (AvgIpc) is 3.14. The van der Waals surface area contributed by atoms with Gasteiger partial charge in [-0.15, -0.1) is 10.2 Å². The van der Waals surface area contributed by atoms with Crippen LogP contribution in [-0.2, 0) is 4.74 Å². The summed E-state index contributed by atoms with van der Waals surface area (Å²) in [6.07, 6.45) is 0.301. The molecule has 3 rings (SSSR count). The maximum Gasteiger partial charge on any atom is 0.217 e. The van der Waals surface area contributed by atoms with E-state index >= 15 is 0 Å². The van der Waals surface area contributed by atoms with E-state index in [9.17, 15) is 0 Å². The predicted octanol–water partition coefficient (Wildman–Crippen LogP) is 0.939. The van der Waals surface area contributed by atoms with E-state index < -0.39 is 0 Å². The van der Waals surface area contributed by atoms with Crippen LogP contribution in [0.3, 0.4) is 0 Å². The van der Waals surface area contributed by atoms with Gasteiger partial charge in [0.2, 0.25) is 11.4 Å². The van der Waals surface area contributed by atoms with Gasteiger partial charge in [-0.2, -0.15) is 0 Å². The maximum atomic E-state index is 6.11. The van der Waals surface area contributed by atoms with Crippen LogP contribution in [0, 0.1) is 0 Å². The summed E-state index contributed by atoms with van der Waals surface area (Å²) < 4.78 is 7.01. The van der Waals surface area contributed by atoms with Crippen molar-refractivity contribution in [3.8, 4) is 0 Å². The minimum absolute atomic E-state index is 0.0845. The standard InChI is InChI=1S/C14H19N5OS2/c1-19(2)10-5-3-9(4-6-10)12-16-7-11(20-12)8-21-14-18-17-13(15)22-14/h3-6,11-12,16H,7-8H2,1-2H3,(H2,15,17)/p+1/t11-,12-/m1/s1. The molecule has 1 saturated heterocycles. The van der Waals surface area contributed by atoms with Crippen LogP contribution in [0.4, 0.5) is 10.8 Å². The monoisotopic (exact) mass is 338 g/mol. The summed E-state index contributed by atoms with van der Waals surface area (Å²) in [6.45, 7) is 0.960. The summed E-state index contributed by atoms with van der Waals surface area (Å²) in [6, 6.07) is 8.52. The Balaban J connectivity index is 1.53. The van der Waals surface area contributed by atoms with Crippen molar-refractivity contribution in [3.63, 3.8) is 0 Å². The van der Waals surface area contributed by atoms with Gasteiger partial charge in [0.05, 0.1) is 0 Å². The second-order valence-electron chi connectivity index (χ2n) is 5.35. The summed E-state index contributed by atoms with van der Waals surface area (Å²) in [4.78, 5) is 2.09. The summed E-state index contributed by atoms with van der Waals surface area (Å²) in [5.41, 5.74) is 7.99. The van der Waals surface area contributed by atoms with E-state index in [-0.39, 0.29) is 12.3 Å². The lowest BCUT2D eigenvalue weighted by Gasteiger charge is -2.14. The third kappa shape index (κ3) is 3.70. The van der Waals surface area contributed by atoms with Gasteiger partial charge < -0.3 is 20.7 Å². The Kier molecular flexibility index (Phi) is 4.82. The number of nitrogens with zero attached hydrogens (tertiary/aromatic N) is 3. The molecule has 2 aromatic rings. The first kappa shape index (κ1) is 15.5. The zero-order chi connectivity index (χ0) is 15.5. The first-order valence-electron chi connectivity index (χ1n) is 7.09. The smallest absolute Gasteiger partial charge is 0.217 e. The molecule has 8 heteroatoms. The fraction of sp³-hybridized carbons (Fsp3) is 0.429. The highest BCUT2D eigenvalue weighted by Gasteiger charge is 2.30. The van der Waals surface area contributed by atoms with Gasteiger partial charge in [0.15, 0.2) is 4.34 Å². The van der Waals surface area contributed by atoms with Gasteiger partial charge in [0.25, 0.3) is 0 Å². The molecule has 0 amide bonds. The van der Waals surface area contributed by atoms with Crippen molar-refractivity contribution in [2.45, 2.75) is 16.7 Å². The molecule has 2 atom stereocenters. The third-order valence-electron chi connectivity index (χ3n) is 3.50. The lowest BCUT2D eigenvalue weighted by Crippen LogP contribution is -2.82. The molecule has 0 spiro atoms. The second-order valence-corrected chi connectivity index (χ2v) is 7.63. The van der Waals surface area contributed by atoms with Crippen molar-refractivity contribution in [1.82, 2.24) is 10.2 Å². The van der Waals surface area contributed by atoms with Gasteiger partial charge in [0, 0.05) is 31.1 Å². The second kappa shape index (κ2) is 6.82. The largest absolute Gasteiger partial charge is 0.378 e. The molecule has 0 saturated carbocycles. The minimum atomic E-state index is 0.0845. The van der Waals surface area contributed by atoms with Gasteiger partial charge in [-0.3, -0.25) is 0 Å². The first-order valence-corrected chi connectivity index (χ1v) is 8.90. The van der Waals surface area contributed by atoms with Crippen molar-refractivity contribution >= 4 is 33.9 Å². The van der Waals surface area contributed by atoms with Gasteiger partial charge in [0.1, 0.15) is 12.6 Å². The molecule has 1 aliphatic heterocycles. The summed E-state index contributed by atoms with van der Waals surface area (Å²) in [5, 5.41) is 10.6. The summed E-state index contributed by atoms with van der Waals surface area (Å²) in [7, 11) is 4.08. The number of ether oxygens (including phenoxy) is 1. The Morgan fingerprint density at radius 1 is 1.36 bits per heavy atom. The zero-order valence-electron chi connectivity index (χ0n) is 12.6. The SMILES string of the molecule is CN(C)c1ccc([C@@H]2[NH2+]C[C@H](CSc3nnc(N)s3)O2)cc1. The molecule has 0 radical (unpaired) electrons. The van der Waals surface area contributed by atoms with E-state index in [0.717, 1.165) is 16.6 Å². The number of benzene rings is 1. The van der Waals surface area contributed by atoms with Crippen LogP contribution < -0.4 is 16.0 Å². The van der Waals surface area contributed by atoms with Crippen LogP contribution in [0.2, 0.25) is 0 Å². The number of anilines is 2. The van der Waals surface area contributed by atoms with Crippen LogP contribution >= 0.6 is 23.1 Å². The van der Waals surface area contributed by atoms with Crippen LogP contribution in [0.15, 0.2) is 28.6 Å². The fourth-order valence-corrected chi connectivity index (χ4v) is 4.00. The van der Waals surface area contributed by atoms with E-state index in [1.54, 1.807) is 11.8 Å². The van der Waals surface area contributed by atoms with Crippen molar-refractivity contribution < 1.29 is 10.1 Å². The number of hydrogen-bond donors (Lipinski definition) is 2. The van der Waals surface area contributed by atoms with Crippen LogP contribution in [0.25, 0.3) is 0 Å². The number of hydrogen-bond acceptors (Lipinski definition) is 7. The summed E-state index contributed by atoms with van der Waals surface area (Å²) >= 11 is 3.08. The molecule has 6 nitrogen and oxygen atoms in total. The first-order chi connectivity index (χ1) is 10.6. The predicted molar refractivity (Wildman–Crippen MR) is 90.2 cm³/mol. The van der Waals surface area contributed by atoms with Gasteiger partial charge in [-0.25, -0.2) is 0 Å². The normalized spacial score (nSPS) is 21.2. The van der Waals surface area contributed by atoms with Crippen LogP contribution in [-0.4, -0.2) is 42.7 Å². The lowest BCUT2D eigenvalue weighted by molar-refractivity contribution is -0.697. The maximum absolute atomic E-state index is 6.11. The Morgan fingerprint density at radius 3 is 2.77 bits per heavy atom. The highest BCUT2D eigenvalue weighted by atomic mass is 32.2. The lowest BCUT2D eigenvalue weighted by atomic mass is 10.2. The number of thioether (sulfide) groups is 1. The average molecular weight is 338 g/mol. The zero-order valence-corrected chi connectivity index (χ0v) is 14.2. The van der Waals surface area contributed by atoms with E-state index in [4.69, 9.17) is 10.5 Å². The van der Waals surface area contributed by atoms with E-state index in [0.29, 0.717) is 5.13 Å². The number of quaternary nitrogens is 1. The molecular weight excluding hydrogens is 318 g/mol. The third-order valence-corrected chi connectivity index (χ3v) is 5.52. The van der Waals surface area contributed by atoms with Crippen molar-refractivity contribution in [2.24, 2.45) is 0 Å². The molecule has 22 heavy (non-hydrogen) atoms. The van der Waals surface area contributed by atoms with Crippen molar-refractivity contribution in [1.29, 1.82) is 0 Å². The Bertz CT molecular complexity index is 616. The molecule has 2 heterocycles. The summed E-state index contributed by atoms with van der Waals surface area (Å²) in [5.74, 6) is 0.872. The van der Waals surface area contributed by atoms with Gasteiger partial charge in [-0.05, 0) is 24.3 Å². The fourth-order valence-electron chi connectivity index (χ4n) is 2.32. The highest BCUT2D eigenvalue weighted by molar-refractivity contribution is 8.01. The molecule has 0 bridgehead atoms. The van der Waals surface area contributed by atoms with Gasteiger partial charge in [-0.1, -0.05) is 23.1 Å². The van der Waals surface area contributed by atoms with Gasteiger partial charge >= 0.3 is 0 Å². The molecule has 1 aliphatic rings. The quantitative estimate of drug-likeness (QED) is 0.790. The molecule has 0 unspecified atom stereocenters. The molecule has 118 valence electrons. The number of nitrogen functional groups attached to an aromatic ring is 1. The molecule has 1 aromatic heterocycles. The van der Waals surface area contributed by atoms with E-state index in [1.165, 1.54) is 22.6 Å².